The molecule has 0 aliphatic rings. The molecule has 0 spiro atoms. The summed E-state index contributed by atoms with van der Waals surface area (Å²) in [6.45, 7) is 4.46. The Kier molecular flexibility index (Phi) is 8.98. The monoisotopic (exact) mass is 482 g/mol. The van der Waals surface area contributed by atoms with E-state index in [4.69, 9.17) is 23.7 Å². The van der Waals surface area contributed by atoms with Gasteiger partial charge in [0.25, 0.3) is 0 Å². The molecule has 6 nitrogen and oxygen atoms in total. The van der Waals surface area contributed by atoms with Crippen LogP contribution in [0.3, 0.4) is 0 Å². The molecule has 0 saturated carbocycles. The van der Waals surface area contributed by atoms with E-state index in [2.05, 4.69) is 6.08 Å². The van der Waals surface area contributed by atoms with E-state index in [0.717, 1.165) is 12.0 Å². The van der Waals surface area contributed by atoms with Gasteiger partial charge in [-0.1, -0.05) is 29.8 Å². The van der Waals surface area contributed by atoms with Crippen molar-refractivity contribution in [3.05, 3.63) is 66.0 Å². The molecule has 0 atom stereocenters. The fraction of sp³-hybridized carbons (Fsp3) is 0.286. The number of phenols is 1. The maximum absolute atomic E-state index is 13.5. The molecule has 0 aliphatic heterocycles. The molecule has 1 N–H and O–H groups in total. The number of phenolic OH excluding ortho intramolecular Hbond substituents is 1. The first-order valence-corrected chi connectivity index (χ1v) is 11.2. The standard InChI is InChI=1S/C28H31FO6/c1-18(2)7-6-14-34-24-13-10-20(15-23(24)30)26-25(32-4)16-22(19-8-11-21(29)12-9-19)27(33-5)28(26)35-17-31-3/h7-13,15-16,30H,6,14,17H2,1-5H3. The summed E-state index contributed by atoms with van der Waals surface area (Å²) >= 11 is 0. The number of aromatic hydroxyl groups is 1. The van der Waals surface area contributed by atoms with E-state index in [0.29, 0.717) is 46.3 Å². The molecule has 0 aliphatic carbocycles. The van der Waals surface area contributed by atoms with E-state index in [1.54, 1.807) is 37.4 Å². The van der Waals surface area contributed by atoms with Gasteiger partial charge in [-0.05, 0) is 61.7 Å². The Labute approximate surface area is 205 Å². The molecule has 3 aromatic carbocycles. The second-order valence-electron chi connectivity index (χ2n) is 8.02. The third kappa shape index (κ3) is 6.25. The molecule has 0 bridgehead atoms. The molecule has 0 aromatic heterocycles. The number of hydrogen-bond donors (Lipinski definition) is 1. The Hall–Kier alpha value is -3.71. The van der Waals surface area contributed by atoms with Crippen molar-refractivity contribution in [3.8, 4) is 51.0 Å². The molecule has 0 fully saturated rings. The lowest BCUT2D eigenvalue weighted by Gasteiger charge is -2.21. The lowest BCUT2D eigenvalue weighted by Crippen LogP contribution is -2.05. The molecule has 0 radical (unpaired) electrons. The van der Waals surface area contributed by atoms with E-state index < -0.39 is 0 Å². The van der Waals surface area contributed by atoms with Crippen molar-refractivity contribution in [2.24, 2.45) is 0 Å². The Morgan fingerprint density at radius 2 is 1.57 bits per heavy atom. The van der Waals surface area contributed by atoms with E-state index in [1.165, 1.54) is 31.9 Å². The summed E-state index contributed by atoms with van der Waals surface area (Å²) in [5.41, 5.74) is 3.78. The summed E-state index contributed by atoms with van der Waals surface area (Å²) in [6, 6.07) is 12.9. The number of methoxy groups -OCH3 is 3. The SMILES string of the molecule is COCOc1c(OC)c(-c2ccc(F)cc2)cc(OC)c1-c1ccc(OCCC=C(C)C)c(O)c1. The average molecular weight is 483 g/mol. The highest BCUT2D eigenvalue weighted by Crippen LogP contribution is 2.51. The molecule has 3 aromatic rings. The van der Waals surface area contributed by atoms with Crippen LogP contribution < -0.4 is 18.9 Å². The van der Waals surface area contributed by atoms with Crippen LogP contribution in [0.2, 0.25) is 0 Å². The minimum Gasteiger partial charge on any atom is -0.504 e. The number of rotatable bonds is 11. The number of hydrogen-bond acceptors (Lipinski definition) is 6. The molecular formula is C28H31FO6. The molecule has 3 rings (SSSR count). The zero-order chi connectivity index (χ0) is 25.4. The molecule has 0 heterocycles. The Bertz CT molecular complexity index is 1170. The van der Waals surface area contributed by atoms with Crippen molar-refractivity contribution in [3.63, 3.8) is 0 Å². The van der Waals surface area contributed by atoms with Gasteiger partial charge in [0, 0.05) is 12.7 Å². The van der Waals surface area contributed by atoms with E-state index in [1.807, 2.05) is 19.9 Å². The predicted octanol–water partition coefficient (Wildman–Crippen LogP) is 6.60. The zero-order valence-electron chi connectivity index (χ0n) is 20.7. The maximum Gasteiger partial charge on any atom is 0.188 e. The van der Waals surface area contributed by atoms with Crippen molar-refractivity contribution in [1.29, 1.82) is 0 Å². The summed E-state index contributed by atoms with van der Waals surface area (Å²) < 4.78 is 41.8. The van der Waals surface area contributed by atoms with Crippen LogP contribution in [-0.4, -0.2) is 39.8 Å². The highest BCUT2D eigenvalue weighted by molar-refractivity contribution is 5.88. The fourth-order valence-electron chi connectivity index (χ4n) is 3.66. The van der Waals surface area contributed by atoms with Gasteiger partial charge >= 0.3 is 0 Å². The Morgan fingerprint density at radius 1 is 0.857 bits per heavy atom. The quantitative estimate of drug-likeness (QED) is 0.189. The second kappa shape index (κ2) is 12.1. The minimum absolute atomic E-state index is 0.0129. The molecule has 0 amide bonds. The van der Waals surface area contributed by atoms with E-state index in [9.17, 15) is 9.50 Å². The third-order valence-electron chi connectivity index (χ3n) is 5.28. The first kappa shape index (κ1) is 25.9. The topological polar surface area (TPSA) is 66.4 Å². The van der Waals surface area contributed by atoms with E-state index >= 15 is 0 Å². The van der Waals surface area contributed by atoms with Gasteiger partial charge in [0.2, 0.25) is 0 Å². The maximum atomic E-state index is 13.5. The van der Waals surface area contributed by atoms with Crippen molar-refractivity contribution >= 4 is 0 Å². The second-order valence-corrected chi connectivity index (χ2v) is 8.02. The lowest BCUT2D eigenvalue weighted by atomic mass is 9.96. The first-order chi connectivity index (χ1) is 16.9. The summed E-state index contributed by atoms with van der Waals surface area (Å²) in [5, 5.41) is 10.7. The molecule has 0 unspecified atom stereocenters. The number of halogens is 1. The highest BCUT2D eigenvalue weighted by atomic mass is 19.1. The van der Waals surface area contributed by atoms with Gasteiger partial charge in [-0.25, -0.2) is 4.39 Å². The Morgan fingerprint density at radius 3 is 2.17 bits per heavy atom. The fourth-order valence-corrected chi connectivity index (χ4v) is 3.66. The number of benzene rings is 3. The van der Waals surface area contributed by atoms with Crippen LogP contribution in [0, 0.1) is 5.82 Å². The van der Waals surface area contributed by atoms with Gasteiger partial charge in [0.15, 0.2) is 29.8 Å². The largest absolute Gasteiger partial charge is 0.504 e. The van der Waals surface area contributed by atoms with Crippen LogP contribution in [0.15, 0.2) is 60.2 Å². The molecule has 35 heavy (non-hydrogen) atoms. The van der Waals surface area contributed by atoms with Crippen molar-refractivity contribution in [2.75, 3.05) is 34.7 Å². The lowest BCUT2D eigenvalue weighted by molar-refractivity contribution is 0.0495. The zero-order valence-corrected chi connectivity index (χ0v) is 20.7. The molecule has 186 valence electrons. The van der Waals surface area contributed by atoms with Gasteiger partial charge in [-0.15, -0.1) is 0 Å². The summed E-state index contributed by atoms with van der Waals surface area (Å²) in [6.07, 6.45) is 2.82. The summed E-state index contributed by atoms with van der Waals surface area (Å²) in [5.74, 6) is 1.29. The van der Waals surface area contributed by atoms with Crippen molar-refractivity contribution in [1.82, 2.24) is 0 Å². The molecular weight excluding hydrogens is 451 g/mol. The number of allylic oxidation sites excluding steroid dienone is 1. The van der Waals surface area contributed by atoms with Crippen LogP contribution >= 0.6 is 0 Å². The van der Waals surface area contributed by atoms with Gasteiger partial charge in [0.05, 0.1) is 26.4 Å². The molecule has 0 saturated heterocycles. The van der Waals surface area contributed by atoms with Gasteiger partial charge in [0.1, 0.15) is 11.6 Å². The molecule has 7 heteroatoms. The van der Waals surface area contributed by atoms with E-state index in [-0.39, 0.29) is 18.4 Å². The first-order valence-electron chi connectivity index (χ1n) is 11.2. The van der Waals surface area contributed by atoms with Gasteiger partial charge in [-0.3, -0.25) is 0 Å². The third-order valence-corrected chi connectivity index (χ3v) is 5.28. The summed E-state index contributed by atoms with van der Waals surface area (Å²) in [4.78, 5) is 0. The predicted molar refractivity (Wildman–Crippen MR) is 134 cm³/mol. The minimum atomic E-state index is -0.342. The normalized spacial score (nSPS) is 10.6. The van der Waals surface area contributed by atoms with Crippen molar-refractivity contribution in [2.45, 2.75) is 20.3 Å². The van der Waals surface area contributed by atoms with Gasteiger partial charge in [-0.2, -0.15) is 0 Å². The number of ether oxygens (including phenoxy) is 5. The van der Waals surface area contributed by atoms with Crippen LogP contribution in [-0.2, 0) is 4.74 Å². The Balaban J connectivity index is 2.10. The van der Waals surface area contributed by atoms with Crippen molar-refractivity contribution < 1.29 is 33.2 Å². The van der Waals surface area contributed by atoms with Gasteiger partial charge < -0.3 is 28.8 Å². The summed E-state index contributed by atoms with van der Waals surface area (Å²) in [7, 11) is 4.58. The smallest absolute Gasteiger partial charge is 0.188 e. The van der Waals surface area contributed by atoms with Crippen LogP contribution in [0.25, 0.3) is 22.3 Å². The average Bonchev–Trinajstić information content (AvgIpc) is 2.85. The highest BCUT2D eigenvalue weighted by Gasteiger charge is 2.24. The van der Waals surface area contributed by atoms with Crippen LogP contribution in [0.1, 0.15) is 20.3 Å². The van der Waals surface area contributed by atoms with Crippen LogP contribution in [0.5, 0.6) is 28.7 Å². The van der Waals surface area contributed by atoms with Crippen LogP contribution in [0.4, 0.5) is 4.39 Å².